The summed E-state index contributed by atoms with van der Waals surface area (Å²) in [7, 11) is 0. The van der Waals surface area contributed by atoms with Crippen molar-refractivity contribution in [1.82, 2.24) is 0 Å². The lowest BCUT2D eigenvalue weighted by molar-refractivity contribution is -0.185. The monoisotopic (exact) mass is 278 g/mol. The van der Waals surface area contributed by atoms with Crippen LogP contribution in [0.1, 0.15) is 79.1 Å². The first-order valence-electron chi connectivity index (χ1n) is 8.56. The zero-order valence-corrected chi connectivity index (χ0v) is 13.6. The number of rotatable bonds is 3. The van der Waals surface area contributed by atoms with Gasteiger partial charge in [-0.05, 0) is 77.6 Å². The highest BCUT2D eigenvalue weighted by Crippen LogP contribution is 2.67. The van der Waals surface area contributed by atoms with Crippen molar-refractivity contribution in [2.24, 2.45) is 22.7 Å². The smallest absolute Gasteiger partial charge is 0.312 e. The van der Waals surface area contributed by atoms with Gasteiger partial charge in [0, 0.05) is 5.41 Å². The third-order valence-electron chi connectivity index (χ3n) is 7.06. The molecule has 3 fully saturated rings. The Kier molecular flexibility index (Phi) is 3.23. The van der Waals surface area contributed by atoms with Gasteiger partial charge in [0.15, 0.2) is 0 Å². The van der Waals surface area contributed by atoms with Crippen molar-refractivity contribution >= 4 is 5.97 Å². The maximum atomic E-state index is 12.6. The Bertz CT molecular complexity index is 414. The lowest BCUT2D eigenvalue weighted by Crippen LogP contribution is -2.50. The molecule has 0 aromatic heterocycles. The molecule has 20 heavy (non-hydrogen) atoms. The summed E-state index contributed by atoms with van der Waals surface area (Å²) in [5, 5.41) is 0. The van der Waals surface area contributed by atoms with Crippen molar-refractivity contribution in [2.45, 2.75) is 84.7 Å². The maximum Gasteiger partial charge on any atom is 0.312 e. The summed E-state index contributed by atoms with van der Waals surface area (Å²) in [6.07, 6.45) is 9.93. The van der Waals surface area contributed by atoms with Crippen molar-refractivity contribution in [3.63, 3.8) is 0 Å². The van der Waals surface area contributed by atoms with Crippen LogP contribution in [0, 0.1) is 22.7 Å². The number of fused-ring (bicyclic) bond motifs is 3. The van der Waals surface area contributed by atoms with Gasteiger partial charge in [-0.1, -0.05) is 13.3 Å². The van der Waals surface area contributed by atoms with Crippen LogP contribution in [0.4, 0.5) is 0 Å². The topological polar surface area (TPSA) is 26.3 Å². The van der Waals surface area contributed by atoms with E-state index >= 15 is 0 Å². The van der Waals surface area contributed by atoms with E-state index < -0.39 is 0 Å². The van der Waals surface area contributed by atoms with Gasteiger partial charge in [-0.2, -0.15) is 0 Å². The molecular formula is C18H30O2. The molecule has 4 atom stereocenters. The van der Waals surface area contributed by atoms with Crippen LogP contribution >= 0.6 is 0 Å². The Hall–Kier alpha value is -0.530. The highest BCUT2D eigenvalue weighted by molar-refractivity contribution is 5.76. The summed E-state index contributed by atoms with van der Waals surface area (Å²) in [6.45, 7) is 8.35. The molecule has 0 amide bonds. The second-order valence-corrected chi connectivity index (χ2v) is 8.45. The first kappa shape index (κ1) is 14.4. The van der Waals surface area contributed by atoms with Gasteiger partial charge < -0.3 is 4.74 Å². The second kappa shape index (κ2) is 4.48. The van der Waals surface area contributed by atoms with Crippen LogP contribution in [-0.2, 0) is 9.53 Å². The number of carbonyl (C=O) groups excluding carboxylic acids is 1. The Labute approximate surface area is 123 Å². The van der Waals surface area contributed by atoms with Crippen molar-refractivity contribution in [3.8, 4) is 0 Å². The van der Waals surface area contributed by atoms with Crippen molar-refractivity contribution in [1.29, 1.82) is 0 Å². The average molecular weight is 278 g/mol. The summed E-state index contributed by atoms with van der Waals surface area (Å²) >= 11 is 0. The average Bonchev–Trinajstić information content (AvgIpc) is 3.06. The van der Waals surface area contributed by atoms with Gasteiger partial charge in [0.1, 0.15) is 5.60 Å². The lowest BCUT2D eigenvalue weighted by Gasteiger charge is -2.47. The molecule has 4 unspecified atom stereocenters. The van der Waals surface area contributed by atoms with Crippen LogP contribution in [-0.4, -0.2) is 11.6 Å². The summed E-state index contributed by atoms with van der Waals surface area (Å²) in [4.78, 5) is 12.6. The van der Waals surface area contributed by atoms with Crippen LogP contribution in [0.2, 0.25) is 0 Å². The summed E-state index contributed by atoms with van der Waals surface area (Å²) in [5.74, 6) is 1.75. The van der Waals surface area contributed by atoms with Gasteiger partial charge in [-0.15, -0.1) is 0 Å². The van der Waals surface area contributed by atoms with Crippen LogP contribution < -0.4 is 0 Å². The van der Waals surface area contributed by atoms with Gasteiger partial charge in [-0.3, -0.25) is 4.79 Å². The van der Waals surface area contributed by atoms with Crippen LogP contribution in [0.25, 0.3) is 0 Å². The minimum atomic E-state index is -0.343. The SMILES string of the molecule is CCC(C)(C)C(=O)OC1(C)CCCC12CC1CCC2C1. The summed E-state index contributed by atoms with van der Waals surface area (Å²) in [6, 6.07) is 0. The molecule has 114 valence electrons. The number of hydrogen-bond acceptors (Lipinski definition) is 2. The fourth-order valence-electron chi connectivity index (χ4n) is 5.29. The lowest BCUT2D eigenvalue weighted by atomic mass is 9.64. The number of esters is 1. The van der Waals surface area contributed by atoms with Gasteiger partial charge in [0.25, 0.3) is 0 Å². The van der Waals surface area contributed by atoms with E-state index in [-0.39, 0.29) is 17.0 Å². The van der Waals surface area contributed by atoms with E-state index in [4.69, 9.17) is 4.74 Å². The maximum absolute atomic E-state index is 12.6. The van der Waals surface area contributed by atoms with E-state index in [0.717, 1.165) is 24.7 Å². The summed E-state index contributed by atoms with van der Waals surface area (Å²) < 4.78 is 6.21. The molecule has 3 aliphatic rings. The van der Waals surface area contributed by atoms with Crippen molar-refractivity contribution in [2.75, 3.05) is 0 Å². The fourth-order valence-corrected chi connectivity index (χ4v) is 5.29. The van der Waals surface area contributed by atoms with E-state index in [1.807, 2.05) is 13.8 Å². The normalized spacial score (nSPS) is 43.4. The van der Waals surface area contributed by atoms with Crippen LogP contribution in [0.5, 0.6) is 0 Å². The van der Waals surface area contributed by atoms with Crippen molar-refractivity contribution in [3.05, 3.63) is 0 Å². The van der Waals surface area contributed by atoms with E-state index in [2.05, 4.69) is 13.8 Å². The molecule has 2 heteroatoms. The number of hydrogen-bond donors (Lipinski definition) is 0. The minimum Gasteiger partial charge on any atom is -0.458 e. The molecule has 3 rings (SSSR count). The zero-order valence-electron chi connectivity index (χ0n) is 13.6. The Morgan fingerprint density at radius 1 is 1.30 bits per heavy atom. The van der Waals surface area contributed by atoms with E-state index in [0.29, 0.717) is 5.41 Å². The number of carbonyl (C=O) groups is 1. The molecule has 0 aromatic carbocycles. The van der Waals surface area contributed by atoms with Gasteiger partial charge in [0.2, 0.25) is 0 Å². The Balaban J connectivity index is 1.82. The number of ether oxygens (including phenoxy) is 1. The van der Waals surface area contributed by atoms with Crippen LogP contribution in [0.15, 0.2) is 0 Å². The molecule has 2 bridgehead atoms. The molecule has 0 N–H and O–H groups in total. The predicted molar refractivity (Wildman–Crippen MR) is 80.3 cm³/mol. The zero-order chi connectivity index (χ0) is 14.6. The van der Waals surface area contributed by atoms with E-state index in [9.17, 15) is 4.79 Å². The van der Waals surface area contributed by atoms with E-state index in [1.165, 1.54) is 38.5 Å². The fraction of sp³-hybridized carbons (Fsp3) is 0.944. The van der Waals surface area contributed by atoms with Gasteiger partial charge in [-0.25, -0.2) is 0 Å². The molecule has 0 aliphatic heterocycles. The largest absolute Gasteiger partial charge is 0.458 e. The van der Waals surface area contributed by atoms with Gasteiger partial charge in [0.05, 0.1) is 5.41 Å². The molecule has 0 aromatic rings. The van der Waals surface area contributed by atoms with Crippen molar-refractivity contribution < 1.29 is 9.53 Å². The first-order chi connectivity index (χ1) is 9.33. The molecule has 0 saturated heterocycles. The quantitative estimate of drug-likeness (QED) is 0.699. The molecule has 3 saturated carbocycles. The predicted octanol–water partition coefficient (Wildman–Crippen LogP) is 4.71. The third kappa shape index (κ3) is 1.86. The van der Waals surface area contributed by atoms with E-state index in [1.54, 1.807) is 0 Å². The summed E-state index contributed by atoms with van der Waals surface area (Å²) in [5.41, 5.74) is -0.226. The second-order valence-electron chi connectivity index (χ2n) is 8.45. The first-order valence-corrected chi connectivity index (χ1v) is 8.56. The van der Waals surface area contributed by atoms with Crippen LogP contribution in [0.3, 0.4) is 0 Å². The third-order valence-corrected chi connectivity index (χ3v) is 7.06. The standard InChI is InChI=1S/C18H30O2/c1-5-16(2,3)15(19)20-17(4)9-6-10-18(17)12-13-7-8-14(18)11-13/h13-14H,5-12H2,1-4H3. The minimum absolute atomic E-state index is 0.0200. The molecule has 1 spiro atoms. The molecule has 3 aliphatic carbocycles. The molecule has 0 radical (unpaired) electrons. The highest BCUT2D eigenvalue weighted by Gasteiger charge is 2.64. The Morgan fingerprint density at radius 3 is 2.60 bits per heavy atom. The molecule has 0 heterocycles. The molecule has 2 nitrogen and oxygen atoms in total. The Morgan fingerprint density at radius 2 is 2.05 bits per heavy atom. The van der Waals surface area contributed by atoms with Gasteiger partial charge >= 0.3 is 5.97 Å². The highest BCUT2D eigenvalue weighted by atomic mass is 16.6. The molecular weight excluding hydrogens is 248 g/mol.